The topological polar surface area (TPSA) is 88.6 Å². The zero-order valence-corrected chi connectivity index (χ0v) is 12.1. The summed E-state index contributed by atoms with van der Waals surface area (Å²) in [7, 11) is -8.42. The molecule has 1 atom stereocenters. The largest absolute Gasteiger partial charge is 0.310 e. The Labute approximate surface area is 116 Å². The molecule has 1 fully saturated rings. The van der Waals surface area contributed by atoms with E-state index in [1.165, 1.54) is 24.3 Å². The molecule has 9 heteroatoms. The number of nitrogens with zero attached hydrogens (tertiary/aromatic N) is 1. The molecule has 1 aromatic rings. The van der Waals surface area contributed by atoms with E-state index in [2.05, 4.69) is 0 Å². The SMILES string of the molecule is CS(=O)(=O)c1ccccc1N1CC(S(=O)(=O)F)CC1=O. The molecule has 6 nitrogen and oxygen atoms in total. The van der Waals surface area contributed by atoms with Gasteiger partial charge in [-0.25, -0.2) is 8.42 Å². The van der Waals surface area contributed by atoms with Gasteiger partial charge in [0.1, 0.15) is 5.25 Å². The van der Waals surface area contributed by atoms with E-state index in [4.69, 9.17) is 0 Å². The highest BCUT2D eigenvalue weighted by Crippen LogP contribution is 2.30. The van der Waals surface area contributed by atoms with E-state index in [-0.39, 0.29) is 17.1 Å². The molecular formula is C11H12FNO5S2. The van der Waals surface area contributed by atoms with Gasteiger partial charge < -0.3 is 4.90 Å². The van der Waals surface area contributed by atoms with Crippen molar-refractivity contribution in [3.63, 3.8) is 0 Å². The van der Waals surface area contributed by atoms with E-state index in [0.717, 1.165) is 11.2 Å². The van der Waals surface area contributed by atoms with Gasteiger partial charge in [0.25, 0.3) is 0 Å². The van der Waals surface area contributed by atoms with Gasteiger partial charge in [-0.05, 0) is 12.1 Å². The molecule has 1 saturated heterocycles. The summed E-state index contributed by atoms with van der Waals surface area (Å²) < 4.78 is 58.0. The maximum absolute atomic E-state index is 13.0. The molecule has 20 heavy (non-hydrogen) atoms. The number of rotatable bonds is 3. The number of sulfone groups is 1. The Kier molecular flexibility index (Phi) is 3.59. The van der Waals surface area contributed by atoms with Crippen LogP contribution >= 0.6 is 0 Å². The molecule has 1 aliphatic rings. The minimum atomic E-state index is -4.84. The summed E-state index contributed by atoms with van der Waals surface area (Å²) in [6.45, 7) is -0.385. The van der Waals surface area contributed by atoms with Gasteiger partial charge in [-0.3, -0.25) is 4.79 Å². The first-order valence-corrected chi connectivity index (χ1v) is 8.97. The summed E-state index contributed by atoms with van der Waals surface area (Å²) in [4.78, 5) is 12.7. The van der Waals surface area contributed by atoms with Crippen molar-refractivity contribution in [2.24, 2.45) is 0 Å². The Bertz CT molecular complexity index is 757. The van der Waals surface area contributed by atoms with Crippen LogP contribution in [0.4, 0.5) is 9.57 Å². The molecule has 0 aromatic heterocycles. The van der Waals surface area contributed by atoms with Crippen LogP contribution in [-0.4, -0.2) is 40.8 Å². The van der Waals surface area contributed by atoms with E-state index in [0.29, 0.717) is 0 Å². The monoisotopic (exact) mass is 321 g/mol. The highest BCUT2D eigenvalue weighted by Gasteiger charge is 2.40. The molecule has 1 heterocycles. The summed E-state index contributed by atoms with van der Waals surface area (Å²) in [6, 6.07) is 5.72. The summed E-state index contributed by atoms with van der Waals surface area (Å²) in [5.41, 5.74) is 0.0751. The number of hydrogen-bond donors (Lipinski definition) is 0. The van der Waals surface area contributed by atoms with Crippen molar-refractivity contribution >= 4 is 31.7 Å². The van der Waals surface area contributed by atoms with Gasteiger partial charge in [0.2, 0.25) is 5.91 Å². The Morgan fingerprint density at radius 2 is 1.80 bits per heavy atom. The van der Waals surface area contributed by atoms with E-state index >= 15 is 0 Å². The number of anilines is 1. The molecular weight excluding hydrogens is 309 g/mol. The third kappa shape index (κ3) is 2.83. The predicted octanol–water partition coefficient (Wildman–Crippen LogP) is 0.495. The summed E-state index contributed by atoms with van der Waals surface area (Å²) in [5.74, 6) is -0.618. The van der Waals surface area contributed by atoms with Crippen LogP contribution in [0.15, 0.2) is 29.2 Å². The molecule has 110 valence electrons. The van der Waals surface area contributed by atoms with Crippen molar-refractivity contribution in [1.29, 1.82) is 0 Å². The minimum absolute atomic E-state index is 0.0751. The molecule has 1 aromatic carbocycles. The fraction of sp³-hybridized carbons (Fsp3) is 0.364. The Morgan fingerprint density at radius 1 is 1.20 bits per heavy atom. The predicted molar refractivity (Wildman–Crippen MR) is 70.3 cm³/mol. The fourth-order valence-electron chi connectivity index (χ4n) is 2.09. The van der Waals surface area contributed by atoms with Crippen molar-refractivity contribution in [1.82, 2.24) is 0 Å². The average molecular weight is 321 g/mol. The minimum Gasteiger partial charge on any atom is -0.310 e. The molecule has 1 aliphatic heterocycles. The standard InChI is InChI=1S/C11H12FNO5S2/c1-19(15,16)10-5-3-2-4-9(10)13-7-8(6-11(13)14)20(12,17)18/h2-5,8H,6-7H2,1H3. The smallest absolute Gasteiger partial charge is 0.307 e. The van der Waals surface area contributed by atoms with E-state index in [1.54, 1.807) is 0 Å². The molecule has 1 amide bonds. The number of carbonyl (C=O) groups excluding carboxylic acids is 1. The van der Waals surface area contributed by atoms with Crippen LogP contribution in [0.25, 0.3) is 0 Å². The van der Waals surface area contributed by atoms with Gasteiger partial charge in [-0.15, -0.1) is 3.89 Å². The zero-order valence-electron chi connectivity index (χ0n) is 10.5. The van der Waals surface area contributed by atoms with Gasteiger partial charge >= 0.3 is 10.2 Å². The quantitative estimate of drug-likeness (QED) is 0.756. The number of amides is 1. The van der Waals surface area contributed by atoms with E-state index < -0.39 is 37.6 Å². The Morgan fingerprint density at radius 3 is 2.30 bits per heavy atom. The van der Waals surface area contributed by atoms with Crippen LogP contribution < -0.4 is 4.90 Å². The fourth-order valence-corrected chi connectivity index (χ4v) is 3.64. The first-order valence-electron chi connectivity index (χ1n) is 5.63. The highest BCUT2D eigenvalue weighted by atomic mass is 32.3. The second kappa shape index (κ2) is 4.81. The lowest BCUT2D eigenvalue weighted by molar-refractivity contribution is -0.117. The maximum Gasteiger partial charge on any atom is 0.307 e. The van der Waals surface area contributed by atoms with Crippen molar-refractivity contribution in [2.45, 2.75) is 16.6 Å². The average Bonchev–Trinajstić information content (AvgIpc) is 2.70. The van der Waals surface area contributed by atoms with Crippen LogP contribution in [0.1, 0.15) is 6.42 Å². The van der Waals surface area contributed by atoms with Gasteiger partial charge in [0, 0.05) is 19.2 Å². The summed E-state index contributed by atoms with van der Waals surface area (Å²) >= 11 is 0. The van der Waals surface area contributed by atoms with Crippen LogP contribution in [0.2, 0.25) is 0 Å². The lowest BCUT2D eigenvalue weighted by atomic mass is 10.3. The number of halogens is 1. The van der Waals surface area contributed by atoms with Gasteiger partial charge in [0.05, 0.1) is 10.6 Å². The highest BCUT2D eigenvalue weighted by molar-refractivity contribution is 7.90. The van der Waals surface area contributed by atoms with Crippen LogP contribution in [0.5, 0.6) is 0 Å². The van der Waals surface area contributed by atoms with E-state index in [9.17, 15) is 25.5 Å². The summed E-state index contributed by atoms with van der Waals surface area (Å²) in [6.07, 6.45) is 0.493. The Balaban J connectivity index is 2.47. The molecule has 0 N–H and O–H groups in total. The number of hydrogen-bond acceptors (Lipinski definition) is 5. The van der Waals surface area contributed by atoms with Crippen molar-refractivity contribution in [2.75, 3.05) is 17.7 Å². The molecule has 1 unspecified atom stereocenters. The van der Waals surface area contributed by atoms with E-state index in [1.807, 2.05) is 0 Å². The lowest BCUT2D eigenvalue weighted by Crippen LogP contribution is -2.28. The molecule has 0 bridgehead atoms. The first kappa shape index (κ1) is 14.9. The second-order valence-corrected chi connectivity index (χ2v) is 8.15. The Hall–Kier alpha value is -1.48. The van der Waals surface area contributed by atoms with Gasteiger partial charge in [-0.1, -0.05) is 12.1 Å². The van der Waals surface area contributed by atoms with Crippen molar-refractivity contribution in [3.8, 4) is 0 Å². The second-order valence-electron chi connectivity index (χ2n) is 4.55. The number of benzene rings is 1. The number of para-hydroxylation sites is 1. The third-order valence-corrected chi connectivity index (χ3v) is 5.30. The normalized spacial score (nSPS) is 20.4. The molecule has 2 rings (SSSR count). The number of carbonyl (C=O) groups is 1. The third-order valence-electron chi connectivity index (χ3n) is 3.04. The van der Waals surface area contributed by atoms with Gasteiger partial charge in [0.15, 0.2) is 9.84 Å². The molecule has 0 radical (unpaired) electrons. The molecule has 0 spiro atoms. The zero-order chi connectivity index (χ0) is 15.1. The molecule has 0 aliphatic carbocycles. The van der Waals surface area contributed by atoms with Crippen LogP contribution in [-0.2, 0) is 24.9 Å². The lowest BCUT2D eigenvalue weighted by Gasteiger charge is -2.19. The molecule has 0 saturated carbocycles. The van der Waals surface area contributed by atoms with Gasteiger partial charge in [-0.2, -0.15) is 8.42 Å². The van der Waals surface area contributed by atoms with Crippen LogP contribution in [0.3, 0.4) is 0 Å². The van der Waals surface area contributed by atoms with Crippen molar-refractivity contribution < 1.29 is 25.5 Å². The summed E-state index contributed by atoms with van der Waals surface area (Å²) in [5, 5.41) is -1.46. The first-order chi connectivity index (χ1) is 9.10. The van der Waals surface area contributed by atoms with Crippen molar-refractivity contribution in [3.05, 3.63) is 24.3 Å². The maximum atomic E-state index is 13.0. The van der Waals surface area contributed by atoms with Crippen LogP contribution in [0, 0.1) is 0 Å².